The molecule has 1 heteroatoms. The number of ketones is 1. The summed E-state index contributed by atoms with van der Waals surface area (Å²) in [6, 6.07) is 0. The molecule has 2 rings (SSSR count). The van der Waals surface area contributed by atoms with Crippen molar-refractivity contribution in [3.05, 3.63) is 36.5 Å². The minimum Gasteiger partial charge on any atom is -0.297 e. The molecule has 2 aliphatic rings. The molecule has 2 aliphatic carbocycles. The summed E-state index contributed by atoms with van der Waals surface area (Å²) in [4.78, 5) is 11.6. The van der Waals surface area contributed by atoms with Crippen LogP contribution in [0.15, 0.2) is 36.5 Å². The average molecular weight is 146 g/mol. The van der Waals surface area contributed by atoms with Crippen LogP contribution in [0.25, 0.3) is 0 Å². The number of carbonyl (C=O) groups is 1. The average Bonchev–Trinajstić information content (AvgIpc) is 2.13. The van der Waals surface area contributed by atoms with Crippen molar-refractivity contribution in [2.75, 3.05) is 0 Å². The summed E-state index contributed by atoms with van der Waals surface area (Å²) in [5.74, 6) is 0.317. The third-order valence-corrected chi connectivity index (χ3v) is 2.36. The minimum absolute atomic E-state index is 0.0231. The molecular weight excluding hydrogens is 136 g/mol. The maximum atomic E-state index is 11.6. The normalized spacial score (nSPS) is 39.7. The fraction of sp³-hybridized carbons (Fsp3) is 0.300. The highest BCUT2D eigenvalue weighted by Gasteiger charge is 2.36. The van der Waals surface area contributed by atoms with Crippen LogP contribution in [0.5, 0.6) is 0 Å². The summed E-state index contributed by atoms with van der Waals surface area (Å²) in [6.07, 6.45) is 11.7. The van der Waals surface area contributed by atoms with E-state index in [1.54, 1.807) is 0 Å². The minimum atomic E-state index is -0.325. The topological polar surface area (TPSA) is 17.1 Å². The van der Waals surface area contributed by atoms with Gasteiger partial charge in [-0.1, -0.05) is 36.5 Å². The van der Waals surface area contributed by atoms with Crippen LogP contribution in [0.2, 0.25) is 0 Å². The Bertz CT molecular complexity index is 283. The Morgan fingerprint density at radius 3 is 2.91 bits per heavy atom. The van der Waals surface area contributed by atoms with Gasteiger partial charge in [0.2, 0.25) is 0 Å². The van der Waals surface area contributed by atoms with Crippen molar-refractivity contribution in [2.24, 2.45) is 11.3 Å². The van der Waals surface area contributed by atoms with E-state index in [9.17, 15) is 4.79 Å². The first kappa shape index (κ1) is 6.59. The Balaban J connectivity index is 2.52. The summed E-state index contributed by atoms with van der Waals surface area (Å²) >= 11 is 0. The van der Waals surface area contributed by atoms with Gasteiger partial charge in [-0.25, -0.2) is 0 Å². The maximum Gasteiger partial charge on any atom is 0.156 e. The monoisotopic (exact) mass is 146 g/mol. The zero-order valence-corrected chi connectivity index (χ0v) is 6.45. The van der Waals surface area contributed by atoms with E-state index in [2.05, 4.69) is 0 Å². The number of hydrogen-bond acceptors (Lipinski definition) is 1. The SMILES string of the molecule is C[C@]12C=CC=C[C@H](C=C1)C2=O. The molecule has 0 saturated heterocycles. The Morgan fingerprint density at radius 2 is 2.09 bits per heavy atom. The molecule has 0 aliphatic heterocycles. The molecule has 2 bridgehead atoms. The quantitative estimate of drug-likeness (QED) is 0.477. The van der Waals surface area contributed by atoms with Crippen molar-refractivity contribution in [1.82, 2.24) is 0 Å². The van der Waals surface area contributed by atoms with Gasteiger partial charge in [-0.2, -0.15) is 0 Å². The van der Waals surface area contributed by atoms with Gasteiger partial charge >= 0.3 is 0 Å². The highest BCUT2D eigenvalue weighted by molar-refractivity contribution is 5.96. The van der Waals surface area contributed by atoms with Crippen LogP contribution >= 0.6 is 0 Å². The molecule has 0 radical (unpaired) electrons. The molecule has 0 saturated carbocycles. The lowest BCUT2D eigenvalue weighted by Gasteiger charge is -2.14. The predicted molar refractivity (Wildman–Crippen MR) is 44.0 cm³/mol. The zero-order chi connectivity index (χ0) is 7.90. The lowest BCUT2D eigenvalue weighted by Crippen LogP contribution is -2.21. The summed E-state index contributed by atoms with van der Waals surface area (Å²) in [5.41, 5.74) is -0.325. The van der Waals surface area contributed by atoms with Crippen LogP contribution in [-0.2, 0) is 4.79 Å². The van der Waals surface area contributed by atoms with Crippen LogP contribution in [0.4, 0.5) is 0 Å². The largest absolute Gasteiger partial charge is 0.297 e. The van der Waals surface area contributed by atoms with Gasteiger partial charge in [0.1, 0.15) is 0 Å². The molecule has 11 heavy (non-hydrogen) atoms. The molecule has 0 heterocycles. The number of carbonyl (C=O) groups excluding carboxylic acids is 1. The molecular formula is C10H10O. The lowest BCUT2D eigenvalue weighted by atomic mass is 9.87. The molecule has 2 atom stereocenters. The molecule has 0 amide bonds. The van der Waals surface area contributed by atoms with Crippen molar-refractivity contribution in [2.45, 2.75) is 6.92 Å². The van der Waals surface area contributed by atoms with Crippen molar-refractivity contribution in [3.8, 4) is 0 Å². The van der Waals surface area contributed by atoms with Gasteiger partial charge < -0.3 is 0 Å². The van der Waals surface area contributed by atoms with Crippen molar-refractivity contribution in [3.63, 3.8) is 0 Å². The van der Waals surface area contributed by atoms with Crippen LogP contribution in [0, 0.1) is 11.3 Å². The summed E-state index contributed by atoms with van der Waals surface area (Å²) < 4.78 is 0. The number of hydrogen-bond donors (Lipinski definition) is 0. The second-order valence-electron chi connectivity index (χ2n) is 3.28. The first-order valence-corrected chi connectivity index (χ1v) is 3.82. The van der Waals surface area contributed by atoms with Gasteiger partial charge in [-0.15, -0.1) is 0 Å². The number of fused-ring (bicyclic) bond motifs is 2. The molecule has 0 spiro atoms. The van der Waals surface area contributed by atoms with Crippen LogP contribution in [0.1, 0.15) is 6.92 Å². The van der Waals surface area contributed by atoms with Crippen molar-refractivity contribution in [1.29, 1.82) is 0 Å². The van der Waals surface area contributed by atoms with E-state index < -0.39 is 0 Å². The molecule has 0 N–H and O–H groups in total. The predicted octanol–water partition coefficient (Wildman–Crippen LogP) is 1.87. The molecule has 0 aromatic rings. The van der Waals surface area contributed by atoms with Gasteiger partial charge in [-0.3, -0.25) is 4.79 Å². The van der Waals surface area contributed by atoms with E-state index >= 15 is 0 Å². The highest BCUT2D eigenvalue weighted by Crippen LogP contribution is 2.35. The van der Waals surface area contributed by atoms with Gasteiger partial charge in [0.15, 0.2) is 5.78 Å². The summed E-state index contributed by atoms with van der Waals surface area (Å²) in [5, 5.41) is 0. The Labute approximate surface area is 66.1 Å². The highest BCUT2D eigenvalue weighted by atomic mass is 16.1. The molecule has 0 unspecified atom stereocenters. The lowest BCUT2D eigenvalue weighted by molar-refractivity contribution is -0.124. The van der Waals surface area contributed by atoms with E-state index in [-0.39, 0.29) is 11.3 Å². The first-order chi connectivity index (χ1) is 5.22. The third-order valence-electron chi connectivity index (χ3n) is 2.36. The summed E-state index contributed by atoms with van der Waals surface area (Å²) in [7, 11) is 0. The van der Waals surface area contributed by atoms with Crippen molar-refractivity contribution < 1.29 is 4.79 Å². The van der Waals surface area contributed by atoms with E-state index in [0.29, 0.717) is 5.78 Å². The molecule has 0 fully saturated rings. The second kappa shape index (κ2) is 1.94. The fourth-order valence-corrected chi connectivity index (χ4v) is 1.56. The van der Waals surface area contributed by atoms with E-state index in [1.165, 1.54) is 0 Å². The first-order valence-electron chi connectivity index (χ1n) is 3.82. The number of allylic oxidation sites excluding steroid dienone is 6. The van der Waals surface area contributed by atoms with Gasteiger partial charge in [-0.05, 0) is 6.92 Å². The second-order valence-corrected chi connectivity index (χ2v) is 3.28. The smallest absolute Gasteiger partial charge is 0.156 e. The van der Waals surface area contributed by atoms with Gasteiger partial charge in [0, 0.05) is 0 Å². The van der Waals surface area contributed by atoms with Crippen molar-refractivity contribution >= 4 is 5.78 Å². The Morgan fingerprint density at radius 1 is 1.27 bits per heavy atom. The molecule has 1 nitrogen and oxygen atoms in total. The van der Waals surface area contributed by atoms with Crippen LogP contribution in [0.3, 0.4) is 0 Å². The standard InChI is InChI=1S/C10H10O/c1-10-6-3-2-4-8(5-7-10)9(10)11/h2-8H,1H3/t8-,10+/m1/s1. The molecule has 56 valence electrons. The molecule has 0 aromatic heterocycles. The van der Waals surface area contributed by atoms with Gasteiger partial charge in [0.05, 0.1) is 11.3 Å². The Kier molecular flexibility index (Phi) is 1.16. The zero-order valence-electron chi connectivity index (χ0n) is 6.45. The summed E-state index contributed by atoms with van der Waals surface area (Å²) in [6.45, 7) is 1.95. The molecule has 0 aromatic carbocycles. The van der Waals surface area contributed by atoms with Crippen LogP contribution < -0.4 is 0 Å². The third kappa shape index (κ3) is 0.805. The van der Waals surface area contributed by atoms with Crippen LogP contribution in [-0.4, -0.2) is 5.78 Å². The number of Topliss-reactive ketones (excluding diaryl/α,β-unsaturated/α-hetero) is 1. The van der Waals surface area contributed by atoms with Gasteiger partial charge in [0.25, 0.3) is 0 Å². The fourth-order valence-electron chi connectivity index (χ4n) is 1.56. The van der Waals surface area contributed by atoms with E-state index in [0.717, 1.165) is 0 Å². The maximum absolute atomic E-state index is 11.6. The number of rotatable bonds is 0. The van der Waals surface area contributed by atoms with E-state index in [1.807, 2.05) is 43.4 Å². The van der Waals surface area contributed by atoms with E-state index in [4.69, 9.17) is 0 Å². The Hall–Kier alpha value is -1.11.